The smallest absolute Gasteiger partial charge is 0.258 e. The van der Waals surface area contributed by atoms with Crippen molar-refractivity contribution in [1.29, 1.82) is 0 Å². The van der Waals surface area contributed by atoms with Crippen LogP contribution < -0.4 is 15.0 Å². The molecule has 4 heteroatoms. The van der Waals surface area contributed by atoms with Gasteiger partial charge >= 0.3 is 0 Å². The number of benzene rings is 2. The maximum Gasteiger partial charge on any atom is 0.258 e. The zero-order valence-electron chi connectivity index (χ0n) is 18.2. The molecule has 1 unspecified atom stereocenters. The van der Waals surface area contributed by atoms with E-state index in [0.717, 1.165) is 62.3 Å². The lowest BCUT2D eigenvalue weighted by atomic mass is 9.72. The molecule has 5 rings (SSSR count). The summed E-state index contributed by atoms with van der Waals surface area (Å²) >= 11 is 0. The predicted octanol–water partition coefficient (Wildman–Crippen LogP) is 5.14. The molecule has 0 radical (unpaired) electrons. The summed E-state index contributed by atoms with van der Waals surface area (Å²) in [4.78, 5) is 15.5. The van der Waals surface area contributed by atoms with Gasteiger partial charge in [-0.1, -0.05) is 30.4 Å². The lowest BCUT2D eigenvalue weighted by Gasteiger charge is -2.32. The topological polar surface area (TPSA) is 41.6 Å². The van der Waals surface area contributed by atoms with Gasteiger partial charge in [-0.15, -0.1) is 0 Å². The Morgan fingerprint density at radius 1 is 1.03 bits per heavy atom. The zero-order chi connectivity index (χ0) is 21.1. The van der Waals surface area contributed by atoms with E-state index in [1.54, 1.807) is 0 Å². The van der Waals surface area contributed by atoms with Gasteiger partial charge in [0.2, 0.25) is 0 Å². The largest absolute Gasteiger partial charge is 0.490 e. The molecule has 0 saturated carbocycles. The van der Waals surface area contributed by atoms with Crippen molar-refractivity contribution >= 4 is 11.6 Å². The molecular formula is C27H32N2O2. The van der Waals surface area contributed by atoms with Crippen LogP contribution in [0.4, 0.5) is 5.69 Å². The molecule has 2 heterocycles. The van der Waals surface area contributed by atoms with Crippen molar-refractivity contribution in [3.63, 3.8) is 0 Å². The van der Waals surface area contributed by atoms with Gasteiger partial charge in [0.25, 0.3) is 5.91 Å². The molecular weight excluding hydrogens is 384 g/mol. The van der Waals surface area contributed by atoms with Crippen LogP contribution in [-0.2, 0) is 6.42 Å². The van der Waals surface area contributed by atoms with E-state index in [-0.39, 0.29) is 17.4 Å². The van der Waals surface area contributed by atoms with Crippen molar-refractivity contribution in [1.82, 2.24) is 5.32 Å². The molecule has 2 aromatic rings. The minimum Gasteiger partial charge on any atom is -0.490 e. The third-order valence-electron chi connectivity index (χ3n) is 7.11. The number of amides is 1. The Hall–Kier alpha value is -2.59. The van der Waals surface area contributed by atoms with Gasteiger partial charge in [0.15, 0.2) is 0 Å². The first-order chi connectivity index (χ1) is 15.2. The van der Waals surface area contributed by atoms with Crippen molar-refractivity contribution in [2.75, 3.05) is 24.5 Å². The first kappa shape index (κ1) is 20.3. The standard InChI is InChI=1S/C27H32N2O2/c30-26(21-8-10-23(11-9-21)31-24-12-17-28-18-13-24)29-19-16-27(14-4-1-5-15-27)20-22-6-2-3-7-25(22)29/h2-4,6-11,14,24,28H,1,5,12-13,15-20H2. The van der Waals surface area contributed by atoms with Gasteiger partial charge in [0.05, 0.1) is 0 Å². The second kappa shape index (κ2) is 8.88. The Morgan fingerprint density at radius 3 is 2.61 bits per heavy atom. The van der Waals surface area contributed by atoms with Gasteiger partial charge in [-0.2, -0.15) is 0 Å². The van der Waals surface area contributed by atoms with E-state index >= 15 is 0 Å². The highest BCUT2D eigenvalue weighted by Crippen LogP contribution is 2.43. The quantitative estimate of drug-likeness (QED) is 0.705. The van der Waals surface area contributed by atoms with E-state index in [9.17, 15) is 4.79 Å². The molecule has 1 spiro atoms. The average Bonchev–Trinajstić information content (AvgIpc) is 2.97. The number of carbonyl (C=O) groups excluding carboxylic acids is 1. The van der Waals surface area contributed by atoms with E-state index < -0.39 is 0 Å². The number of hydrogen-bond acceptors (Lipinski definition) is 3. The van der Waals surface area contributed by atoms with Crippen molar-refractivity contribution < 1.29 is 9.53 Å². The number of nitrogens with one attached hydrogen (secondary N) is 1. The van der Waals surface area contributed by atoms with Crippen LogP contribution in [-0.4, -0.2) is 31.6 Å². The maximum atomic E-state index is 13.5. The number of piperidine rings is 1. The number of carbonyl (C=O) groups is 1. The highest BCUT2D eigenvalue weighted by Gasteiger charge is 2.35. The second-order valence-corrected chi connectivity index (χ2v) is 9.26. The third kappa shape index (κ3) is 4.40. The summed E-state index contributed by atoms with van der Waals surface area (Å²) in [6, 6.07) is 16.2. The van der Waals surface area contributed by atoms with E-state index in [4.69, 9.17) is 4.74 Å². The van der Waals surface area contributed by atoms with Crippen LogP contribution in [0.5, 0.6) is 5.75 Å². The van der Waals surface area contributed by atoms with Gasteiger partial charge in [-0.25, -0.2) is 0 Å². The first-order valence-electron chi connectivity index (χ1n) is 11.8. The number of rotatable bonds is 3. The highest BCUT2D eigenvalue weighted by molar-refractivity contribution is 6.06. The number of fused-ring (bicyclic) bond motifs is 1. The fourth-order valence-corrected chi connectivity index (χ4v) is 5.34. The first-order valence-corrected chi connectivity index (χ1v) is 11.8. The monoisotopic (exact) mass is 416 g/mol. The molecule has 4 nitrogen and oxygen atoms in total. The van der Waals surface area contributed by atoms with E-state index in [1.807, 2.05) is 35.2 Å². The highest BCUT2D eigenvalue weighted by atomic mass is 16.5. The summed E-state index contributed by atoms with van der Waals surface area (Å²) in [5.74, 6) is 0.934. The Bertz CT molecular complexity index is 946. The Balaban J connectivity index is 1.36. The van der Waals surface area contributed by atoms with Crippen LogP contribution >= 0.6 is 0 Å². The summed E-state index contributed by atoms with van der Waals surface area (Å²) in [5, 5.41) is 3.36. The fraction of sp³-hybridized carbons (Fsp3) is 0.444. The summed E-state index contributed by atoms with van der Waals surface area (Å²) < 4.78 is 6.11. The second-order valence-electron chi connectivity index (χ2n) is 9.26. The third-order valence-corrected chi connectivity index (χ3v) is 7.11. The molecule has 3 aliphatic rings. The number of para-hydroxylation sites is 1. The molecule has 0 bridgehead atoms. The lowest BCUT2D eigenvalue weighted by Crippen LogP contribution is -2.34. The molecule has 0 aromatic heterocycles. The van der Waals surface area contributed by atoms with E-state index in [1.165, 1.54) is 24.8 Å². The van der Waals surface area contributed by atoms with Gasteiger partial charge in [-0.3, -0.25) is 4.79 Å². The van der Waals surface area contributed by atoms with Crippen molar-refractivity contribution in [3.05, 3.63) is 71.8 Å². The van der Waals surface area contributed by atoms with Crippen LogP contribution in [0.1, 0.15) is 54.4 Å². The van der Waals surface area contributed by atoms with Gasteiger partial charge in [-0.05, 0) is 99.3 Å². The molecule has 31 heavy (non-hydrogen) atoms. The van der Waals surface area contributed by atoms with E-state index in [0.29, 0.717) is 0 Å². The summed E-state index contributed by atoms with van der Waals surface area (Å²) in [7, 11) is 0. The summed E-state index contributed by atoms with van der Waals surface area (Å²) in [6.07, 6.45) is 12.8. The zero-order valence-corrected chi connectivity index (χ0v) is 18.2. The number of ether oxygens (including phenoxy) is 1. The normalized spacial score (nSPS) is 23.9. The molecule has 1 fully saturated rings. The lowest BCUT2D eigenvalue weighted by molar-refractivity contribution is 0.0985. The number of allylic oxidation sites excluding steroid dienone is 2. The molecule has 2 aliphatic heterocycles. The van der Waals surface area contributed by atoms with Crippen molar-refractivity contribution in [3.8, 4) is 5.75 Å². The van der Waals surface area contributed by atoms with Gasteiger partial charge in [0.1, 0.15) is 11.9 Å². The predicted molar refractivity (Wildman–Crippen MR) is 125 cm³/mol. The number of anilines is 1. The van der Waals surface area contributed by atoms with Crippen molar-refractivity contribution in [2.24, 2.45) is 5.41 Å². The van der Waals surface area contributed by atoms with Crippen LogP contribution in [0.15, 0.2) is 60.7 Å². The van der Waals surface area contributed by atoms with Crippen LogP contribution in [0.25, 0.3) is 0 Å². The molecule has 1 saturated heterocycles. The molecule has 2 aromatic carbocycles. The molecule has 1 N–H and O–H groups in total. The Labute approximate surface area is 185 Å². The van der Waals surface area contributed by atoms with Crippen LogP contribution in [0.3, 0.4) is 0 Å². The number of hydrogen-bond donors (Lipinski definition) is 1. The number of nitrogens with zero attached hydrogens (tertiary/aromatic N) is 1. The van der Waals surface area contributed by atoms with E-state index in [2.05, 4.69) is 35.7 Å². The van der Waals surface area contributed by atoms with Crippen LogP contribution in [0.2, 0.25) is 0 Å². The minimum atomic E-state index is 0.0812. The fourth-order valence-electron chi connectivity index (χ4n) is 5.34. The SMILES string of the molecule is O=C(c1ccc(OC2CCNCC2)cc1)N1CCC2(C=CCCC2)Cc2ccccc21. The van der Waals surface area contributed by atoms with Crippen molar-refractivity contribution in [2.45, 2.75) is 51.0 Å². The Morgan fingerprint density at radius 2 is 1.84 bits per heavy atom. The maximum absolute atomic E-state index is 13.5. The van der Waals surface area contributed by atoms with Gasteiger partial charge < -0.3 is 15.0 Å². The molecule has 1 amide bonds. The van der Waals surface area contributed by atoms with Crippen LogP contribution in [0, 0.1) is 5.41 Å². The average molecular weight is 417 g/mol. The summed E-state index contributed by atoms with van der Waals surface area (Å²) in [6.45, 7) is 2.77. The summed E-state index contributed by atoms with van der Waals surface area (Å²) in [5.41, 5.74) is 3.27. The minimum absolute atomic E-state index is 0.0812. The molecule has 162 valence electrons. The molecule has 1 atom stereocenters. The Kier molecular flexibility index (Phi) is 5.82. The van der Waals surface area contributed by atoms with Gasteiger partial charge in [0, 0.05) is 17.8 Å². The molecule has 1 aliphatic carbocycles.